The molecule has 4 nitrogen and oxygen atoms in total. The van der Waals surface area contributed by atoms with Gasteiger partial charge in [0, 0.05) is 11.4 Å². The van der Waals surface area contributed by atoms with Gasteiger partial charge in [0.2, 0.25) is 5.91 Å². The molecule has 0 unspecified atom stereocenters. The Morgan fingerprint density at radius 1 is 1.28 bits per heavy atom. The minimum Gasteiger partial charge on any atom is -0.315 e. The molecule has 0 aliphatic heterocycles. The van der Waals surface area contributed by atoms with Crippen molar-refractivity contribution in [1.82, 2.24) is 4.90 Å². The van der Waals surface area contributed by atoms with E-state index in [1.165, 1.54) is 16.0 Å². The second kappa shape index (κ2) is 7.81. The zero-order chi connectivity index (χ0) is 17.8. The number of aryl methyl sites for hydroxylation is 2. The van der Waals surface area contributed by atoms with Gasteiger partial charge in [-0.2, -0.15) is 5.26 Å². The molecule has 0 bridgehead atoms. The summed E-state index contributed by atoms with van der Waals surface area (Å²) in [6.07, 6.45) is 4.13. The Labute approximate surface area is 153 Å². The third-order valence-electron chi connectivity index (χ3n) is 4.58. The molecule has 1 aromatic carbocycles. The summed E-state index contributed by atoms with van der Waals surface area (Å²) in [7, 11) is 1.94. The molecule has 0 fully saturated rings. The molecule has 0 saturated heterocycles. The summed E-state index contributed by atoms with van der Waals surface area (Å²) in [5.41, 5.74) is 4.33. The summed E-state index contributed by atoms with van der Waals surface area (Å²) >= 11 is 1.56. The predicted molar refractivity (Wildman–Crippen MR) is 102 cm³/mol. The number of hydrogen-bond donors (Lipinski definition) is 1. The van der Waals surface area contributed by atoms with Crippen molar-refractivity contribution >= 4 is 22.2 Å². The van der Waals surface area contributed by atoms with Crippen molar-refractivity contribution in [3.8, 4) is 6.07 Å². The van der Waals surface area contributed by atoms with E-state index in [1.54, 1.807) is 11.3 Å². The average molecular weight is 353 g/mol. The molecule has 1 heterocycles. The van der Waals surface area contributed by atoms with Crippen LogP contribution in [0.3, 0.4) is 0 Å². The normalized spacial score (nSPS) is 12.9. The third-order valence-corrected chi connectivity index (χ3v) is 5.79. The zero-order valence-electron chi connectivity index (χ0n) is 14.8. The Balaban J connectivity index is 1.58. The molecular weight excluding hydrogens is 330 g/mol. The summed E-state index contributed by atoms with van der Waals surface area (Å²) < 4.78 is 0. The fourth-order valence-electron chi connectivity index (χ4n) is 3.27. The number of nitrogens with zero attached hydrogens (tertiary/aromatic N) is 2. The van der Waals surface area contributed by atoms with Crippen LogP contribution in [-0.4, -0.2) is 24.4 Å². The smallest absolute Gasteiger partial charge is 0.239 e. The summed E-state index contributed by atoms with van der Waals surface area (Å²) in [5, 5.41) is 13.1. The van der Waals surface area contributed by atoms with Crippen LogP contribution in [0.15, 0.2) is 24.3 Å². The number of rotatable bonds is 6. The topological polar surface area (TPSA) is 56.1 Å². The van der Waals surface area contributed by atoms with E-state index in [0.717, 1.165) is 42.8 Å². The number of likely N-dealkylation sites (N-methyl/N-ethyl adjacent to an activating group) is 1. The standard InChI is InChI=1S/C20H23N3OS/c1-3-14-7-9-15(10-8-14)12-23(2)13-19(24)22-20-17(11-21)16-5-4-6-18(16)25-20/h7-10H,3-6,12-13H2,1-2H3,(H,22,24). The SMILES string of the molecule is CCc1ccc(CN(C)CC(=O)Nc2sc3c(c2C#N)CCC3)cc1. The Hall–Kier alpha value is -2.16. The maximum absolute atomic E-state index is 12.4. The van der Waals surface area contributed by atoms with Gasteiger partial charge >= 0.3 is 0 Å². The van der Waals surface area contributed by atoms with Crippen LogP contribution in [-0.2, 0) is 30.6 Å². The number of thiophene rings is 1. The first-order valence-corrected chi connectivity index (χ1v) is 9.53. The molecule has 25 heavy (non-hydrogen) atoms. The van der Waals surface area contributed by atoms with Gasteiger partial charge < -0.3 is 5.32 Å². The molecule has 1 N–H and O–H groups in total. The van der Waals surface area contributed by atoms with Gasteiger partial charge in [-0.3, -0.25) is 9.69 Å². The lowest BCUT2D eigenvalue weighted by molar-refractivity contribution is -0.117. The van der Waals surface area contributed by atoms with Gasteiger partial charge in [-0.25, -0.2) is 0 Å². The number of carbonyl (C=O) groups excluding carboxylic acids is 1. The van der Waals surface area contributed by atoms with Crippen LogP contribution in [0.4, 0.5) is 5.00 Å². The fourth-order valence-corrected chi connectivity index (χ4v) is 4.53. The zero-order valence-corrected chi connectivity index (χ0v) is 15.6. The van der Waals surface area contributed by atoms with Crippen LogP contribution < -0.4 is 5.32 Å². The Bertz CT molecular complexity index is 802. The van der Waals surface area contributed by atoms with E-state index in [2.05, 4.69) is 42.6 Å². The number of carbonyl (C=O) groups is 1. The monoisotopic (exact) mass is 353 g/mol. The maximum Gasteiger partial charge on any atom is 0.239 e. The van der Waals surface area contributed by atoms with Gasteiger partial charge in [-0.05, 0) is 49.4 Å². The van der Waals surface area contributed by atoms with Crippen molar-refractivity contribution in [2.45, 2.75) is 39.2 Å². The van der Waals surface area contributed by atoms with Gasteiger partial charge in [0.05, 0.1) is 12.1 Å². The van der Waals surface area contributed by atoms with Crippen molar-refractivity contribution in [2.75, 3.05) is 18.9 Å². The van der Waals surface area contributed by atoms with Gasteiger partial charge in [-0.15, -0.1) is 11.3 Å². The number of hydrogen-bond acceptors (Lipinski definition) is 4. The van der Waals surface area contributed by atoms with E-state index in [1.807, 2.05) is 11.9 Å². The summed E-state index contributed by atoms with van der Waals surface area (Å²) in [5.74, 6) is -0.0656. The van der Waals surface area contributed by atoms with E-state index in [-0.39, 0.29) is 5.91 Å². The molecule has 0 saturated carbocycles. The Morgan fingerprint density at radius 3 is 2.68 bits per heavy atom. The lowest BCUT2D eigenvalue weighted by Gasteiger charge is -2.16. The highest BCUT2D eigenvalue weighted by Crippen LogP contribution is 2.38. The molecule has 3 rings (SSSR count). The molecule has 0 atom stereocenters. The van der Waals surface area contributed by atoms with Crippen LogP contribution >= 0.6 is 11.3 Å². The van der Waals surface area contributed by atoms with Crippen molar-refractivity contribution in [1.29, 1.82) is 5.26 Å². The lowest BCUT2D eigenvalue weighted by Crippen LogP contribution is -2.29. The molecule has 0 radical (unpaired) electrons. The average Bonchev–Trinajstić information content (AvgIpc) is 3.15. The van der Waals surface area contributed by atoms with Crippen molar-refractivity contribution < 1.29 is 4.79 Å². The molecule has 2 aromatic rings. The van der Waals surface area contributed by atoms with Crippen molar-refractivity contribution in [2.24, 2.45) is 0 Å². The van der Waals surface area contributed by atoms with Gasteiger partial charge in [0.25, 0.3) is 0 Å². The minimum atomic E-state index is -0.0656. The summed E-state index contributed by atoms with van der Waals surface area (Å²) in [6.45, 7) is 3.17. The summed E-state index contributed by atoms with van der Waals surface area (Å²) in [6, 6.07) is 10.8. The first-order valence-electron chi connectivity index (χ1n) is 8.71. The second-order valence-electron chi connectivity index (χ2n) is 6.56. The van der Waals surface area contributed by atoms with Crippen molar-refractivity contribution in [3.05, 3.63) is 51.4 Å². The van der Waals surface area contributed by atoms with E-state index >= 15 is 0 Å². The number of anilines is 1. The van der Waals surface area contributed by atoms with Crippen molar-refractivity contribution in [3.63, 3.8) is 0 Å². The Kier molecular flexibility index (Phi) is 5.52. The molecule has 1 amide bonds. The molecule has 0 spiro atoms. The van der Waals surface area contributed by atoms with Gasteiger partial charge in [-0.1, -0.05) is 31.2 Å². The molecular formula is C20H23N3OS. The highest BCUT2D eigenvalue weighted by molar-refractivity contribution is 7.16. The number of fused-ring (bicyclic) bond motifs is 1. The first kappa shape index (κ1) is 17.7. The third kappa shape index (κ3) is 4.09. The maximum atomic E-state index is 12.4. The minimum absolute atomic E-state index is 0.0656. The number of amides is 1. The largest absolute Gasteiger partial charge is 0.315 e. The van der Waals surface area contributed by atoms with Crippen LogP contribution in [0.5, 0.6) is 0 Å². The van der Waals surface area contributed by atoms with Crippen LogP contribution in [0, 0.1) is 11.3 Å². The highest BCUT2D eigenvalue weighted by atomic mass is 32.1. The molecule has 1 aromatic heterocycles. The quantitative estimate of drug-likeness (QED) is 0.861. The number of nitrogens with one attached hydrogen (secondary N) is 1. The van der Waals surface area contributed by atoms with E-state index in [4.69, 9.17) is 0 Å². The highest BCUT2D eigenvalue weighted by Gasteiger charge is 2.23. The van der Waals surface area contributed by atoms with E-state index in [0.29, 0.717) is 12.1 Å². The summed E-state index contributed by atoms with van der Waals surface area (Å²) in [4.78, 5) is 15.6. The molecule has 1 aliphatic carbocycles. The van der Waals surface area contributed by atoms with Crippen LogP contribution in [0.2, 0.25) is 0 Å². The molecule has 130 valence electrons. The fraction of sp³-hybridized carbons (Fsp3) is 0.400. The molecule has 5 heteroatoms. The number of benzene rings is 1. The number of nitriles is 1. The first-order chi connectivity index (χ1) is 12.1. The molecule has 1 aliphatic rings. The Morgan fingerprint density at radius 2 is 2.00 bits per heavy atom. The van der Waals surface area contributed by atoms with E-state index < -0.39 is 0 Å². The van der Waals surface area contributed by atoms with E-state index in [9.17, 15) is 10.1 Å². The van der Waals surface area contributed by atoms with Gasteiger partial charge in [0.1, 0.15) is 11.1 Å². The second-order valence-corrected chi connectivity index (χ2v) is 7.67. The van der Waals surface area contributed by atoms with Gasteiger partial charge in [0.15, 0.2) is 0 Å². The van der Waals surface area contributed by atoms with Crippen LogP contribution in [0.1, 0.15) is 40.5 Å². The lowest BCUT2D eigenvalue weighted by atomic mass is 10.1. The predicted octanol–water partition coefficient (Wildman–Crippen LogP) is 3.74. The van der Waals surface area contributed by atoms with Crippen LogP contribution in [0.25, 0.3) is 0 Å².